The molecule has 20 heavy (non-hydrogen) atoms. The van der Waals surface area contributed by atoms with E-state index in [4.69, 9.17) is 5.73 Å². The standard InChI is InChI=1S/C13H18F3N3O/c14-13(15,16)10-18-12(20)19(8-4-7-17)9-11-5-2-1-3-6-11/h1-3,5-6H,4,7-10,17H2,(H,18,20). The number of halogens is 3. The van der Waals surface area contributed by atoms with Crippen molar-refractivity contribution in [2.45, 2.75) is 19.1 Å². The molecule has 112 valence electrons. The number of urea groups is 1. The molecule has 0 aromatic heterocycles. The average Bonchev–Trinajstić information content (AvgIpc) is 2.41. The summed E-state index contributed by atoms with van der Waals surface area (Å²) in [5, 5.41) is 1.87. The fourth-order valence-corrected chi connectivity index (χ4v) is 1.63. The molecule has 1 aromatic rings. The molecule has 0 atom stereocenters. The second kappa shape index (κ2) is 7.74. The maximum atomic E-state index is 12.1. The second-order valence-electron chi connectivity index (χ2n) is 4.32. The monoisotopic (exact) mass is 289 g/mol. The van der Waals surface area contributed by atoms with Gasteiger partial charge in [-0.15, -0.1) is 0 Å². The van der Waals surface area contributed by atoms with Gasteiger partial charge in [0.2, 0.25) is 0 Å². The van der Waals surface area contributed by atoms with E-state index in [1.54, 1.807) is 0 Å². The summed E-state index contributed by atoms with van der Waals surface area (Å²) < 4.78 is 36.3. The van der Waals surface area contributed by atoms with Gasteiger partial charge in [0.25, 0.3) is 0 Å². The van der Waals surface area contributed by atoms with Crippen molar-refractivity contribution in [3.05, 3.63) is 35.9 Å². The maximum Gasteiger partial charge on any atom is 0.405 e. The topological polar surface area (TPSA) is 58.4 Å². The molecule has 0 bridgehead atoms. The van der Waals surface area contributed by atoms with Gasteiger partial charge in [-0.05, 0) is 18.5 Å². The fourth-order valence-electron chi connectivity index (χ4n) is 1.63. The lowest BCUT2D eigenvalue weighted by Gasteiger charge is -2.23. The van der Waals surface area contributed by atoms with Crippen molar-refractivity contribution in [1.82, 2.24) is 10.2 Å². The van der Waals surface area contributed by atoms with E-state index in [9.17, 15) is 18.0 Å². The van der Waals surface area contributed by atoms with E-state index in [-0.39, 0.29) is 6.54 Å². The van der Waals surface area contributed by atoms with Gasteiger partial charge >= 0.3 is 12.2 Å². The van der Waals surface area contributed by atoms with Crippen LogP contribution in [0.3, 0.4) is 0 Å². The van der Waals surface area contributed by atoms with Crippen LogP contribution in [0.1, 0.15) is 12.0 Å². The predicted molar refractivity (Wildman–Crippen MR) is 70.0 cm³/mol. The third-order valence-corrected chi connectivity index (χ3v) is 2.58. The van der Waals surface area contributed by atoms with Gasteiger partial charge in [0.15, 0.2) is 0 Å². The molecule has 2 amide bonds. The second-order valence-corrected chi connectivity index (χ2v) is 4.32. The first kappa shape index (κ1) is 16.3. The number of carbonyl (C=O) groups excluding carboxylic acids is 1. The van der Waals surface area contributed by atoms with E-state index >= 15 is 0 Å². The fraction of sp³-hybridized carbons (Fsp3) is 0.462. The van der Waals surface area contributed by atoms with Gasteiger partial charge in [0.1, 0.15) is 6.54 Å². The van der Waals surface area contributed by atoms with Gasteiger partial charge in [-0.3, -0.25) is 0 Å². The zero-order valence-corrected chi connectivity index (χ0v) is 11.0. The van der Waals surface area contributed by atoms with E-state index in [2.05, 4.69) is 0 Å². The molecular weight excluding hydrogens is 271 g/mol. The highest BCUT2D eigenvalue weighted by Crippen LogP contribution is 2.13. The third-order valence-electron chi connectivity index (χ3n) is 2.58. The minimum absolute atomic E-state index is 0.254. The molecular formula is C13H18F3N3O. The lowest BCUT2D eigenvalue weighted by atomic mass is 10.2. The van der Waals surface area contributed by atoms with Gasteiger partial charge in [-0.25, -0.2) is 4.79 Å². The number of hydrogen-bond donors (Lipinski definition) is 2. The number of rotatable bonds is 6. The van der Waals surface area contributed by atoms with Crippen molar-refractivity contribution in [3.63, 3.8) is 0 Å². The minimum Gasteiger partial charge on any atom is -0.330 e. The number of carbonyl (C=O) groups is 1. The van der Waals surface area contributed by atoms with E-state index in [0.29, 0.717) is 19.5 Å². The molecule has 0 fully saturated rings. The number of nitrogens with two attached hydrogens (primary N) is 1. The molecule has 1 rings (SSSR count). The molecule has 0 aliphatic carbocycles. The predicted octanol–water partition coefficient (Wildman–Crippen LogP) is 2.11. The Balaban J connectivity index is 2.61. The van der Waals surface area contributed by atoms with Crippen LogP contribution in [0, 0.1) is 0 Å². The van der Waals surface area contributed by atoms with E-state index in [0.717, 1.165) is 5.56 Å². The highest BCUT2D eigenvalue weighted by Gasteiger charge is 2.28. The Bertz CT molecular complexity index is 409. The van der Waals surface area contributed by atoms with Crippen LogP contribution in [0.2, 0.25) is 0 Å². The first-order chi connectivity index (χ1) is 9.42. The van der Waals surface area contributed by atoms with Crippen LogP contribution < -0.4 is 11.1 Å². The van der Waals surface area contributed by atoms with Gasteiger partial charge in [0, 0.05) is 13.1 Å². The van der Waals surface area contributed by atoms with Gasteiger partial charge < -0.3 is 16.0 Å². The van der Waals surface area contributed by atoms with Crippen LogP contribution in [0.4, 0.5) is 18.0 Å². The average molecular weight is 289 g/mol. The maximum absolute atomic E-state index is 12.1. The Labute approximate surface area is 115 Å². The number of amides is 2. The molecule has 0 radical (unpaired) electrons. The molecule has 0 saturated carbocycles. The highest BCUT2D eigenvalue weighted by atomic mass is 19.4. The van der Waals surface area contributed by atoms with Crippen molar-refractivity contribution in [2.24, 2.45) is 5.73 Å². The molecule has 7 heteroatoms. The summed E-state index contributed by atoms with van der Waals surface area (Å²) in [5.74, 6) is 0. The largest absolute Gasteiger partial charge is 0.405 e. The molecule has 0 saturated heterocycles. The van der Waals surface area contributed by atoms with Crippen LogP contribution >= 0.6 is 0 Å². The van der Waals surface area contributed by atoms with Gasteiger partial charge in [-0.1, -0.05) is 30.3 Å². The minimum atomic E-state index is -4.41. The summed E-state index contributed by atoms with van der Waals surface area (Å²) in [7, 11) is 0. The summed E-state index contributed by atoms with van der Waals surface area (Å²) in [5.41, 5.74) is 6.23. The number of benzene rings is 1. The van der Waals surface area contributed by atoms with Gasteiger partial charge in [-0.2, -0.15) is 13.2 Å². The zero-order valence-electron chi connectivity index (χ0n) is 11.0. The van der Waals surface area contributed by atoms with Crippen LogP contribution in [-0.2, 0) is 6.54 Å². The molecule has 3 N–H and O–H groups in total. The van der Waals surface area contributed by atoms with Crippen LogP contribution in [0.5, 0.6) is 0 Å². The molecule has 0 unspecified atom stereocenters. The molecule has 0 heterocycles. The third kappa shape index (κ3) is 6.42. The number of alkyl halides is 3. The van der Waals surface area contributed by atoms with Crippen molar-refractivity contribution in [2.75, 3.05) is 19.6 Å². The van der Waals surface area contributed by atoms with E-state index in [1.165, 1.54) is 4.90 Å². The lowest BCUT2D eigenvalue weighted by molar-refractivity contribution is -0.123. The molecule has 0 aliphatic rings. The van der Waals surface area contributed by atoms with E-state index in [1.807, 2.05) is 35.6 Å². The Kier molecular flexibility index (Phi) is 6.30. The quantitative estimate of drug-likeness (QED) is 0.842. The Morgan fingerprint density at radius 2 is 1.90 bits per heavy atom. The lowest BCUT2D eigenvalue weighted by Crippen LogP contribution is -2.44. The summed E-state index contributed by atoms with van der Waals surface area (Å²) in [6.45, 7) is -0.392. The van der Waals surface area contributed by atoms with Crippen molar-refractivity contribution < 1.29 is 18.0 Å². The van der Waals surface area contributed by atoms with Crippen molar-refractivity contribution in [3.8, 4) is 0 Å². The number of nitrogens with one attached hydrogen (secondary N) is 1. The summed E-state index contributed by atoms with van der Waals surface area (Å²) >= 11 is 0. The Morgan fingerprint density at radius 1 is 1.25 bits per heavy atom. The number of nitrogens with zero attached hydrogens (tertiary/aromatic N) is 1. The summed E-state index contributed by atoms with van der Waals surface area (Å²) in [6.07, 6.45) is -3.88. The highest BCUT2D eigenvalue weighted by molar-refractivity contribution is 5.74. The molecule has 0 spiro atoms. The first-order valence-electron chi connectivity index (χ1n) is 6.26. The number of hydrogen-bond acceptors (Lipinski definition) is 2. The smallest absolute Gasteiger partial charge is 0.330 e. The normalized spacial score (nSPS) is 11.2. The van der Waals surface area contributed by atoms with E-state index < -0.39 is 18.8 Å². The van der Waals surface area contributed by atoms with Gasteiger partial charge in [0.05, 0.1) is 0 Å². The molecule has 1 aromatic carbocycles. The van der Waals surface area contributed by atoms with Crippen LogP contribution in [0.25, 0.3) is 0 Å². The SMILES string of the molecule is NCCCN(Cc1ccccc1)C(=O)NCC(F)(F)F. The van der Waals surface area contributed by atoms with Crippen molar-refractivity contribution in [1.29, 1.82) is 0 Å². The summed E-state index contributed by atoms with van der Waals surface area (Å²) in [6, 6.07) is 8.34. The van der Waals surface area contributed by atoms with Crippen LogP contribution in [-0.4, -0.2) is 36.7 Å². The zero-order chi connectivity index (χ0) is 15.0. The molecule has 4 nitrogen and oxygen atoms in total. The molecule has 0 aliphatic heterocycles. The summed E-state index contributed by atoms with van der Waals surface area (Å²) in [4.78, 5) is 13.1. The van der Waals surface area contributed by atoms with Crippen LogP contribution in [0.15, 0.2) is 30.3 Å². The Morgan fingerprint density at radius 3 is 2.45 bits per heavy atom. The Hall–Kier alpha value is -1.76. The first-order valence-corrected chi connectivity index (χ1v) is 6.26. The van der Waals surface area contributed by atoms with Crippen molar-refractivity contribution >= 4 is 6.03 Å².